The van der Waals surface area contributed by atoms with Gasteiger partial charge in [0.05, 0.1) is 0 Å². The van der Waals surface area contributed by atoms with E-state index >= 15 is 0 Å². The van der Waals surface area contributed by atoms with Gasteiger partial charge in [-0.1, -0.05) is 30.3 Å². The fourth-order valence-electron chi connectivity index (χ4n) is 2.68. The lowest BCUT2D eigenvalue weighted by atomic mass is 10.1. The number of aliphatic imine (C=N–C) groups is 1. The second kappa shape index (κ2) is 7.25. The first-order chi connectivity index (χ1) is 13.4. The van der Waals surface area contributed by atoms with Crippen LogP contribution >= 0.6 is 0 Å². The van der Waals surface area contributed by atoms with Gasteiger partial charge in [-0.15, -0.1) is 0 Å². The standard InChI is InChI=1S/C19H16F6N2O2/c1-27(2)14-10-8-13(9-11-14)16-28-15(12-6-4-3-5-7-12)26-17(29-16,18(20,21)22)19(23,24)25/h3-11,16H,1-2H3. The molecule has 1 unspecified atom stereocenters. The summed E-state index contributed by atoms with van der Waals surface area (Å²) >= 11 is 0. The topological polar surface area (TPSA) is 34.1 Å². The monoisotopic (exact) mass is 418 g/mol. The molecule has 3 rings (SSSR count). The number of rotatable bonds is 3. The average molecular weight is 418 g/mol. The zero-order valence-electron chi connectivity index (χ0n) is 15.3. The van der Waals surface area contributed by atoms with Gasteiger partial charge >= 0.3 is 18.1 Å². The predicted molar refractivity (Wildman–Crippen MR) is 93.5 cm³/mol. The number of nitrogens with zero attached hydrogens (tertiary/aromatic N) is 2. The number of alkyl halides is 6. The molecule has 1 aliphatic heterocycles. The van der Waals surface area contributed by atoms with Crippen LogP contribution in [0.15, 0.2) is 59.6 Å². The van der Waals surface area contributed by atoms with Crippen LogP contribution in [0.5, 0.6) is 0 Å². The van der Waals surface area contributed by atoms with Gasteiger partial charge in [-0.05, 0) is 24.3 Å². The summed E-state index contributed by atoms with van der Waals surface area (Å²) in [5.41, 5.74) is -4.12. The van der Waals surface area contributed by atoms with Crippen LogP contribution in [0, 0.1) is 0 Å². The molecule has 2 aromatic rings. The van der Waals surface area contributed by atoms with Crippen LogP contribution in [0.1, 0.15) is 17.4 Å². The maximum absolute atomic E-state index is 13.6. The smallest absolute Gasteiger partial charge is 0.443 e. The number of benzene rings is 2. The van der Waals surface area contributed by atoms with E-state index < -0.39 is 30.3 Å². The Hall–Kier alpha value is -2.75. The lowest BCUT2D eigenvalue weighted by Crippen LogP contribution is -2.60. The molecule has 156 valence electrons. The Morgan fingerprint density at radius 1 is 0.862 bits per heavy atom. The van der Waals surface area contributed by atoms with E-state index in [0.717, 1.165) is 0 Å². The molecular weight excluding hydrogens is 402 g/mol. The van der Waals surface area contributed by atoms with Crippen molar-refractivity contribution in [1.82, 2.24) is 0 Å². The van der Waals surface area contributed by atoms with Crippen LogP contribution in [-0.2, 0) is 9.47 Å². The summed E-state index contributed by atoms with van der Waals surface area (Å²) in [6.45, 7) is 0. The van der Waals surface area contributed by atoms with Gasteiger partial charge in [-0.3, -0.25) is 4.74 Å². The molecule has 0 fully saturated rings. The highest BCUT2D eigenvalue weighted by atomic mass is 19.4. The molecule has 0 saturated heterocycles. The lowest BCUT2D eigenvalue weighted by molar-refractivity contribution is -0.410. The van der Waals surface area contributed by atoms with E-state index in [1.54, 1.807) is 25.1 Å². The molecule has 1 atom stereocenters. The van der Waals surface area contributed by atoms with E-state index in [2.05, 4.69) is 9.73 Å². The fraction of sp³-hybridized carbons (Fsp3) is 0.316. The van der Waals surface area contributed by atoms with Crippen molar-refractivity contribution in [2.45, 2.75) is 24.4 Å². The third kappa shape index (κ3) is 3.89. The van der Waals surface area contributed by atoms with Gasteiger partial charge in [-0.2, -0.15) is 31.3 Å². The second-order valence-corrected chi connectivity index (χ2v) is 6.48. The summed E-state index contributed by atoms with van der Waals surface area (Å²) in [7, 11) is 3.47. The quantitative estimate of drug-likeness (QED) is 0.653. The van der Waals surface area contributed by atoms with Crippen LogP contribution in [0.25, 0.3) is 0 Å². The Bertz CT molecular complexity index is 862. The van der Waals surface area contributed by atoms with Crippen molar-refractivity contribution in [2.24, 2.45) is 4.99 Å². The number of halogens is 6. The van der Waals surface area contributed by atoms with E-state index in [4.69, 9.17) is 4.74 Å². The zero-order valence-corrected chi connectivity index (χ0v) is 15.3. The van der Waals surface area contributed by atoms with Gasteiger partial charge in [0.25, 0.3) is 0 Å². The summed E-state index contributed by atoms with van der Waals surface area (Å²) in [6.07, 6.45) is -13.7. The SMILES string of the molecule is CN(C)c1ccc(C2OC(c3ccccc3)=NC(C(F)(F)F)(C(F)(F)F)O2)cc1. The molecule has 0 amide bonds. The van der Waals surface area contributed by atoms with Crippen molar-refractivity contribution >= 4 is 11.6 Å². The van der Waals surface area contributed by atoms with Crippen molar-refractivity contribution in [3.8, 4) is 0 Å². The van der Waals surface area contributed by atoms with E-state index in [1.807, 2.05) is 0 Å². The molecule has 4 nitrogen and oxygen atoms in total. The summed E-state index contributed by atoms with van der Waals surface area (Å²) < 4.78 is 91.5. The highest BCUT2D eigenvalue weighted by Gasteiger charge is 2.75. The van der Waals surface area contributed by atoms with Crippen LogP contribution < -0.4 is 4.90 Å². The van der Waals surface area contributed by atoms with E-state index in [0.29, 0.717) is 5.69 Å². The maximum atomic E-state index is 13.6. The molecule has 1 aliphatic rings. The summed E-state index contributed by atoms with van der Waals surface area (Å²) in [5, 5.41) is 0. The Balaban J connectivity index is 2.13. The number of hydrogen-bond acceptors (Lipinski definition) is 4. The highest BCUT2D eigenvalue weighted by Crippen LogP contribution is 2.51. The van der Waals surface area contributed by atoms with Gasteiger partial charge < -0.3 is 9.64 Å². The first-order valence-corrected chi connectivity index (χ1v) is 8.35. The lowest BCUT2D eigenvalue weighted by Gasteiger charge is -2.40. The van der Waals surface area contributed by atoms with Crippen LogP contribution in [0.4, 0.5) is 32.0 Å². The van der Waals surface area contributed by atoms with E-state index in [-0.39, 0.29) is 11.1 Å². The number of anilines is 1. The largest absolute Gasteiger partial charge is 0.448 e. The van der Waals surface area contributed by atoms with Crippen LogP contribution in [0.3, 0.4) is 0 Å². The minimum Gasteiger partial charge on any atom is -0.443 e. The molecule has 0 aliphatic carbocycles. The summed E-state index contributed by atoms with van der Waals surface area (Å²) in [5.74, 6) is -0.812. The molecule has 29 heavy (non-hydrogen) atoms. The first-order valence-electron chi connectivity index (χ1n) is 8.35. The summed E-state index contributed by atoms with van der Waals surface area (Å²) in [6, 6.07) is 12.8. The normalized spacial score (nSPS) is 19.3. The van der Waals surface area contributed by atoms with Gasteiger partial charge in [-0.25, -0.2) is 0 Å². The third-order valence-corrected chi connectivity index (χ3v) is 4.23. The van der Waals surface area contributed by atoms with E-state index in [9.17, 15) is 26.3 Å². The Morgan fingerprint density at radius 3 is 1.90 bits per heavy atom. The molecule has 2 aromatic carbocycles. The molecular formula is C19H16F6N2O2. The third-order valence-electron chi connectivity index (χ3n) is 4.23. The van der Waals surface area contributed by atoms with Gasteiger partial charge in [0.2, 0.25) is 12.2 Å². The average Bonchev–Trinajstić information content (AvgIpc) is 2.66. The fourth-order valence-corrected chi connectivity index (χ4v) is 2.68. The van der Waals surface area contributed by atoms with Crippen molar-refractivity contribution in [3.63, 3.8) is 0 Å². The zero-order chi connectivity index (χ0) is 21.4. The molecule has 0 radical (unpaired) electrons. The van der Waals surface area contributed by atoms with Crippen LogP contribution in [-0.4, -0.2) is 38.1 Å². The number of ether oxygens (including phenoxy) is 2. The number of hydrogen-bond donors (Lipinski definition) is 0. The van der Waals surface area contributed by atoms with Gasteiger partial charge in [0, 0.05) is 30.9 Å². The van der Waals surface area contributed by atoms with Crippen molar-refractivity contribution < 1.29 is 35.8 Å². The Labute approximate surface area is 162 Å². The first kappa shape index (κ1) is 21.0. The molecule has 0 saturated carbocycles. The minimum absolute atomic E-state index is 0.0168. The molecule has 1 heterocycles. The van der Waals surface area contributed by atoms with E-state index in [1.165, 1.54) is 48.5 Å². The Kier molecular flexibility index (Phi) is 5.24. The summed E-state index contributed by atoms with van der Waals surface area (Å²) in [4.78, 5) is 4.58. The minimum atomic E-state index is -5.86. The molecule has 0 N–H and O–H groups in total. The maximum Gasteiger partial charge on any atom is 0.448 e. The van der Waals surface area contributed by atoms with Crippen molar-refractivity contribution in [3.05, 3.63) is 65.7 Å². The Morgan fingerprint density at radius 2 is 1.41 bits per heavy atom. The molecule has 10 heteroatoms. The van der Waals surface area contributed by atoms with Gasteiger partial charge in [0.1, 0.15) is 0 Å². The predicted octanol–water partition coefficient (Wildman–Crippen LogP) is 5.07. The van der Waals surface area contributed by atoms with Crippen molar-refractivity contribution in [2.75, 3.05) is 19.0 Å². The van der Waals surface area contributed by atoms with Gasteiger partial charge in [0.15, 0.2) is 0 Å². The molecule has 0 aromatic heterocycles. The highest BCUT2D eigenvalue weighted by molar-refractivity contribution is 5.94. The van der Waals surface area contributed by atoms with Crippen molar-refractivity contribution in [1.29, 1.82) is 0 Å². The van der Waals surface area contributed by atoms with Crippen LogP contribution in [0.2, 0.25) is 0 Å². The molecule has 0 spiro atoms. The second-order valence-electron chi connectivity index (χ2n) is 6.48. The molecule has 0 bridgehead atoms.